The molecule has 1 aromatic heterocycles. The number of carbonyl (C=O) groups excluding carboxylic acids is 1. The van der Waals surface area contributed by atoms with Gasteiger partial charge in [-0.2, -0.15) is 5.10 Å². The number of benzene rings is 2. The molecular weight excluding hydrogens is 322 g/mol. The highest BCUT2D eigenvalue weighted by atomic mass is 16.2. The summed E-state index contributed by atoms with van der Waals surface area (Å²) in [6, 6.07) is 16.2. The van der Waals surface area contributed by atoms with E-state index >= 15 is 0 Å². The van der Waals surface area contributed by atoms with E-state index in [0.717, 1.165) is 48.4 Å². The highest BCUT2D eigenvalue weighted by molar-refractivity contribution is 6.00. The van der Waals surface area contributed by atoms with Gasteiger partial charge in [0.25, 0.3) is 5.91 Å². The molecule has 4 nitrogen and oxygen atoms in total. The number of hydrogen-bond acceptors (Lipinski definition) is 2. The van der Waals surface area contributed by atoms with Crippen molar-refractivity contribution in [3.8, 4) is 16.9 Å². The van der Waals surface area contributed by atoms with E-state index < -0.39 is 0 Å². The number of carbonyl (C=O) groups is 1. The van der Waals surface area contributed by atoms with Crippen molar-refractivity contribution in [1.29, 1.82) is 0 Å². The maximum atomic E-state index is 13.1. The molecule has 2 heterocycles. The zero-order valence-corrected chi connectivity index (χ0v) is 15.3. The zero-order chi connectivity index (χ0) is 18.1. The second-order valence-corrected chi connectivity index (χ2v) is 6.99. The van der Waals surface area contributed by atoms with E-state index in [4.69, 9.17) is 5.10 Å². The van der Waals surface area contributed by atoms with Gasteiger partial charge in [0.05, 0.1) is 11.3 Å². The summed E-state index contributed by atoms with van der Waals surface area (Å²) in [5.74, 6) is 0.0830. The van der Waals surface area contributed by atoms with Crippen molar-refractivity contribution in [2.45, 2.75) is 26.7 Å². The van der Waals surface area contributed by atoms with E-state index in [1.54, 1.807) is 0 Å². The number of rotatable bonds is 3. The minimum Gasteiger partial charge on any atom is -0.339 e. The molecule has 4 rings (SSSR count). The van der Waals surface area contributed by atoms with Crippen molar-refractivity contribution in [2.24, 2.45) is 0 Å². The average molecular weight is 345 g/mol. The van der Waals surface area contributed by atoms with Crippen LogP contribution in [0.2, 0.25) is 0 Å². The standard InChI is InChI=1S/C22H23N3O/c1-16-10-11-19(17(2)14-16)21-20(22(26)24-12-6-7-13-24)15-25(23-21)18-8-4-3-5-9-18/h3-5,8-11,14-15H,6-7,12-13H2,1-2H3. The number of nitrogens with zero attached hydrogens (tertiary/aromatic N) is 3. The second kappa shape index (κ2) is 6.79. The SMILES string of the molecule is Cc1ccc(-c2nn(-c3ccccc3)cc2C(=O)N2CCCC2)c(C)c1. The lowest BCUT2D eigenvalue weighted by molar-refractivity contribution is 0.0793. The van der Waals surface area contributed by atoms with E-state index in [-0.39, 0.29) is 5.91 Å². The third kappa shape index (κ3) is 3.03. The molecule has 1 aliphatic rings. The fraction of sp³-hybridized carbons (Fsp3) is 0.273. The molecule has 1 amide bonds. The summed E-state index contributed by atoms with van der Waals surface area (Å²) in [4.78, 5) is 15.1. The highest BCUT2D eigenvalue weighted by Crippen LogP contribution is 2.29. The van der Waals surface area contributed by atoms with Crippen molar-refractivity contribution in [3.63, 3.8) is 0 Å². The van der Waals surface area contributed by atoms with Gasteiger partial charge in [0.15, 0.2) is 0 Å². The number of likely N-dealkylation sites (tertiary alicyclic amines) is 1. The molecule has 0 radical (unpaired) electrons. The van der Waals surface area contributed by atoms with Gasteiger partial charge in [-0.1, -0.05) is 42.0 Å². The van der Waals surface area contributed by atoms with Crippen LogP contribution in [0.25, 0.3) is 16.9 Å². The topological polar surface area (TPSA) is 38.1 Å². The van der Waals surface area contributed by atoms with Crippen LogP contribution < -0.4 is 0 Å². The number of hydrogen-bond donors (Lipinski definition) is 0. The molecule has 0 N–H and O–H groups in total. The molecule has 0 bridgehead atoms. The Morgan fingerprint density at radius 3 is 2.42 bits per heavy atom. The molecule has 0 aliphatic carbocycles. The van der Waals surface area contributed by atoms with E-state index in [2.05, 4.69) is 32.0 Å². The lowest BCUT2D eigenvalue weighted by atomic mass is 10.0. The van der Waals surface area contributed by atoms with Gasteiger partial charge in [-0.05, 0) is 44.4 Å². The number of amides is 1. The van der Waals surface area contributed by atoms with Crippen LogP contribution in [0.1, 0.15) is 34.3 Å². The van der Waals surface area contributed by atoms with Crippen LogP contribution in [-0.2, 0) is 0 Å². The summed E-state index contributed by atoms with van der Waals surface area (Å²) in [7, 11) is 0. The molecule has 1 saturated heterocycles. The highest BCUT2D eigenvalue weighted by Gasteiger charge is 2.26. The normalized spacial score (nSPS) is 14.0. The fourth-order valence-corrected chi connectivity index (χ4v) is 3.61. The van der Waals surface area contributed by atoms with Crippen molar-refractivity contribution in [3.05, 3.63) is 71.4 Å². The Kier molecular flexibility index (Phi) is 4.33. The van der Waals surface area contributed by atoms with Gasteiger partial charge in [-0.25, -0.2) is 4.68 Å². The molecule has 2 aromatic carbocycles. The molecule has 0 atom stereocenters. The summed E-state index contributed by atoms with van der Waals surface area (Å²) in [6.45, 7) is 5.83. The van der Waals surface area contributed by atoms with Gasteiger partial charge in [-0.3, -0.25) is 4.79 Å². The predicted octanol–water partition coefficient (Wildman–Crippen LogP) is 4.39. The molecular formula is C22H23N3O. The number of aryl methyl sites for hydroxylation is 2. The summed E-state index contributed by atoms with van der Waals surface area (Å²) in [6.07, 6.45) is 4.04. The van der Waals surface area contributed by atoms with E-state index in [1.165, 1.54) is 5.56 Å². The molecule has 0 saturated carbocycles. The molecule has 1 aliphatic heterocycles. The Morgan fingerprint density at radius 2 is 1.73 bits per heavy atom. The summed E-state index contributed by atoms with van der Waals surface area (Å²) < 4.78 is 1.82. The van der Waals surface area contributed by atoms with Gasteiger partial charge in [0.1, 0.15) is 5.69 Å². The summed E-state index contributed by atoms with van der Waals surface area (Å²) in [5.41, 5.74) is 5.78. The Labute approximate surface area is 154 Å². The van der Waals surface area contributed by atoms with Crippen LogP contribution in [0.5, 0.6) is 0 Å². The average Bonchev–Trinajstić information content (AvgIpc) is 3.32. The van der Waals surface area contributed by atoms with Crippen LogP contribution in [-0.4, -0.2) is 33.7 Å². The second-order valence-electron chi connectivity index (χ2n) is 6.99. The first-order valence-corrected chi connectivity index (χ1v) is 9.15. The van der Waals surface area contributed by atoms with Crippen molar-refractivity contribution >= 4 is 5.91 Å². The van der Waals surface area contributed by atoms with Crippen molar-refractivity contribution in [1.82, 2.24) is 14.7 Å². The molecule has 132 valence electrons. The van der Waals surface area contributed by atoms with E-state index in [9.17, 15) is 4.79 Å². The maximum Gasteiger partial charge on any atom is 0.257 e. The predicted molar refractivity (Wildman–Crippen MR) is 104 cm³/mol. The van der Waals surface area contributed by atoms with Gasteiger partial charge in [0.2, 0.25) is 0 Å². The Morgan fingerprint density at radius 1 is 1.00 bits per heavy atom. The van der Waals surface area contributed by atoms with Crippen LogP contribution in [0, 0.1) is 13.8 Å². The zero-order valence-electron chi connectivity index (χ0n) is 15.3. The maximum absolute atomic E-state index is 13.1. The third-order valence-electron chi connectivity index (χ3n) is 5.00. The van der Waals surface area contributed by atoms with E-state index in [0.29, 0.717) is 5.56 Å². The molecule has 1 fully saturated rings. The van der Waals surface area contributed by atoms with Crippen LogP contribution >= 0.6 is 0 Å². The quantitative estimate of drug-likeness (QED) is 0.706. The number of para-hydroxylation sites is 1. The van der Waals surface area contributed by atoms with E-state index in [1.807, 2.05) is 46.1 Å². The molecule has 0 unspecified atom stereocenters. The molecule has 4 heteroatoms. The van der Waals surface area contributed by atoms with Gasteiger partial charge < -0.3 is 4.90 Å². The largest absolute Gasteiger partial charge is 0.339 e. The summed E-state index contributed by atoms with van der Waals surface area (Å²) >= 11 is 0. The van der Waals surface area contributed by atoms with Crippen LogP contribution in [0.15, 0.2) is 54.7 Å². The number of aromatic nitrogens is 2. The molecule has 26 heavy (non-hydrogen) atoms. The first-order valence-electron chi connectivity index (χ1n) is 9.15. The Hall–Kier alpha value is -2.88. The smallest absolute Gasteiger partial charge is 0.257 e. The monoisotopic (exact) mass is 345 g/mol. The first kappa shape index (κ1) is 16.6. The summed E-state index contributed by atoms with van der Waals surface area (Å²) in [5, 5.41) is 4.80. The Balaban J connectivity index is 1.85. The Bertz CT molecular complexity index is 937. The van der Waals surface area contributed by atoms with Crippen LogP contribution in [0.4, 0.5) is 0 Å². The lowest BCUT2D eigenvalue weighted by Gasteiger charge is -2.15. The molecule has 0 spiro atoms. The lowest BCUT2D eigenvalue weighted by Crippen LogP contribution is -2.27. The van der Waals surface area contributed by atoms with Gasteiger partial charge >= 0.3 is 0 Å². The van der Waals surface area contributed by atoms with Crippen molar-refractivity contribution < 1.29 is 4.79 Å². The fourth-order valence-electron chi connectivity index (χ4n) is 3.61. The van der Waals surface area contributed by atoms with Gasteiger partial charge in [0, 0.05) is 24.8 Å². The van der Waals surface area contributed by atoms with Crippen LogP contribution in [0.3, 0.4) is 0 Å². The minimum atomic E-state index is 0.0830. The van der Waals surface area contributed by atoms with Gasteiger partial charge in [-0.15, -0.1) is 0 Å². The first-order chi connectivity index (χ1) is 12.6. The third-order valence-corrected chi connectivity index (χ3v) is 5.00. The minimum absolute atomic E-state index is 0.0830. The van der Waals surface area contributed by atoms with Crippen molar-refractivity contribution in [2.75, 3.05) is 13.1 Å². The molecule has 3 aromatic rings.